The summed E-state index contributed by atoms with van der Waals surface area (Å²) in [4.78, 5) is 12.2. The fourth-order valence-corrected chi connectivity index (χ4v) is 2.69. The summed E-state index contributed by atoms with van der Waals surface area (Å²) in [6.07, 6.45) is 4.76. The van der Waals surface area contributed by atoms with E-state index in [2.05, 4.69) is 17.4 Å². The summed E-state index contributed by atoms with van der Waals surface area (Å²) in [7, 11) is 0. The van der Waals surface area contributed by atoms with Gasteiger partial charge in [0, 0.05) is 16.9 Å². The second-order valence-electron chi connectivity index (χ2n) is 5.27. The lowest BCUT2D eigenvalue weighted by Crippen LogP contribution is -2.13. The van der Waals surface area contributed by atoms with Crippen LogP contribution in [0.3, 0.4) is 0 Å². The number of hydrogen-bond acceptors (Lipinski definition) is 2. The first kappa shape index (κ1) is 12.7. The zero-order chi connectivity index (χ0) is 13.9. The second kappa shape index (κ2) is 5.37. The number of fused-ring (bicyclic) bond motifs is 1. The standard InChI is InChI=1S/C17H18N2O/c18-15-7-3-6-14(10-15)17(20)19-16-9-8-12-4-1-2-5-13(12)11-16/h3,6-11H,1-2,4-5,18H2,(H,19,20). The molecule has 0 saturated carbocycles. The first-order valence-corrected chi connectivity index (χ1v) is 7.01. The minimum absolute atomic E-state index is 0.118. The number of nitrogens with one attached hydrogen (secondary N) is 1. The van der Waals surface area contributed by atoms with E-state index in [9.17, 15) is 4.79 Å². The average molecular weight is 266 g/mol. The van der Waals surface area contributed by atoms with Crippen LogP contribution in [0.4, 0.5) is 11.4 Å². The number of carbonyl (C=O) groups is 1. The Hall–Kier alpha value is -2.29. The Morgan fingerprint density at radius 1 is 1.00 bits per heavy atom. The fourth-order valence-electron chi connectivity index (χ4n) is 2.69. The highest BCUT2D eigenvalue weighted by atomic mass is 16.1. The average Bonchev–Trinajstić information content (AvgIpc) is 2.47. The number of hydrogen-bond donors (Lipinski definition) is 2. The van der Waals surface area contributed by atoms with E-state index in [1.54, 1.807) is 24.3 Å². The van der Waals surface area contributed by atoms with Crippen molar-refractivity contribution in [1.29, 1.82) is 0 Å². The zero-order valence-electron chi connectivity index (χ0n) is 11.4. The summed E-state index contributed by atoms with van der Waals surface area (Å²) >= 11 is 0. The van der Waals surface area contributed by atoms with Crippen molar-refractivity contribution in [2.24, 2.45) is 0 Å². The van der Waals surface area contributed by atoms with Crippen LogP contribution in [0.5, 0.6) is 0 Å². The quantitative estimate of drug-likeness (QED) is 0.818. The molecule has 0 aliphatic heterocycles. The van der Waals surface area contributed by atoms with E-state index in [4.69, 9.17) is 5.73 Å². The summed E-state index contributed by atoms with van der Waals surface area (Å²) in [5.41, 5.74) is 10.5. The summed E-state index contributed by atoms with van der Waals surface area (Å²) in [5.74, 6) is -0.118. The van der Waals surface area contributed by atoms with Crippen LogP contribution in [0.1, 0.15) is 34.3 Å². The molecule has 0 aromatic heterocycles. The Morgan fingerprint density at radius 3 is 2.60 bits per heavy atom. The first-order chi connectivity index (χ1) is 9.72. The van der Waals surface area contributed by atoms with E-state index in [0.717, 1.165) is 18.5 Å². The number of rotatable bonds is 2. The first-order valence-electron chi connectivity index (χ1n) is 7.01. The van der Waals surface area contributed by atoms with Crippen LogP contribution >= 0.6 is 0 Å². The van der Waals surface area contributed by atoms with Gasteiger partial charge in [0.2, 0.25) is 0 Å². The Bertz CT molecular complexity index is 649. The van der Waals surface area contributed by atoms with Crippen LogP contribution in [-0.2, 0) is 12.8 Å². The number of carbonyl (C=O) groups excluding carboxylic acids is 1. The molecule has 0 saturated heterocycles. The lowest BCUT2D eigenvalue weighted by atomic mass is 9.91. The molecule has 1 aliphatic rings. The van der Waals surface area contributed by atoms with E-state index in [1.165, 1.54) is 24.0 Å². The van der Waals surface area contributed by atoms with Crippen molar-refractivity contribution in [1.82, 2.24) is 0 Å². The summed E-state index contributed by atoms with van der Waals surface area (Å²) < 4.78 is 0. The Morgan fingerprint density at radius 2 is 1.80 bits per heavy atom. The van der Waals surface area contributed by atoms with Gasteiger partial charge in [0.1, 0.15) is 0 Å². The summed E-state index contributed by atoms with van der Waals surface area (Å²) in [6.45, 7) is 0. The number of benzene rings is 2. The predicted molar refractivity (Wildman–Crippen MR) is 81.9 cm³/mol. The number of anilines is 2. The van der Waals surface area contributed by atoms with Crippen molar-refractivity contribution in [2.45, 2.75) is 25.7 Å². The van der Waals surface area contributed by atoms with Gasteiger partial charge in [0.15, 0.2) is 0 Å². The molecule has 3 heteroatoms. The maximum absolute atomic E-state index is 12.2. The molecule has 20 heavy (non-hydrogen) atoms. The molecular formula is C17H18N2O. The minimum atomic E-state index is -0.118. The van der Waals surface area contributed by atoms with Crippen molar-refractivity contribution in [3.05, 3.63) is 59.2 Å². The molecule has 0 heterocycles. The van der Waals surface area contributed by atoms with Crippen LogP contribution in [0.15, 0.2) is 42.5 Å². The number of nitrogens with two attached hydrogens (primary N) is 1. The normalized spacial score (nSPS) is 13.6. The lowest BCUT2D eigenvalue weighted by Gasteiger charge is -2.16. The molecule has 3 nitrogen and oxygen atoms in total. The maximum Gasteiger partial charge on any atom is 0.255 e. The molecule has 2 aromatic carbocycles. The van der Waals surface area contributed by atoms with E-state index in [1.807, 2.05) is 6.07 Å². The molecule has 1 amide bonds. The molecule has 0 atom stereocenters. The van der Waals surface area contributed by atoms with Gasteiger partial charge in [0.25, 0.3) is 5.91 Å². The van der Waals surface area contributed by atoms with E-state index in [-0.39, 0.29) is 5.91 Å². The molecule has 3 rings (SSSR count). The van der Waals surface area contributed by atoms with E-state index < -0.39 is 0 Å². The van der Waals surface area contributed by atoms with Crippen molar-refractivity contribution >= 4 is 17.3 Å². The van der Waals surface area contributed by atoms with Crippen molar-refractivity contribution in [2.75, 3.05) is 11.1 Å². The lowest BCUT2D eigenvalue weighted by molar-refractivity contribution is 0.102. The predicted octanol–water partition coefficient (Wildman–Crippen LogP) is 3.40. The Kier molecular flexibility index (Phi) is 3.42. The highest BCUT2D eigenvalue weighted by Crippen LogP contribution is 2.24. The van der Waals surface area contributed by atoms with Crippen LogP contribution in [-0.4, -0.2) is 5.91 Å². The van der Waals surface area contributed by atoms with Gasteiger partial charge in [0.05, 0.1) is 0 Å². The molecule has 2 aromatic rings. The molecule has 0 bridgehead atoms. The van der Waals surface area contributed by atoms with Gasteiger partial charge in [-0.05, 0) is 67.1 Å². The monoisotopic (exact) mass is 266 g/mol. The van der Waals surface area contributed by atoms with Crippen molar-refractivity contribution in [3.63, 3.8) is 0 Å². The zero-order valence-corrected chi connectivity index (χ0v) is 11.4. The van der Waals surface area contributed by atoms with Gasteiger partial charge in [-0.1, -0.05) is 12.1 Å². The van der Waals surface area contributed by atoms with Gasteiger partial charge >= 0.3 is 0 Å². The third kappa shape index (κ3) is 2.67. The van der Waals surface area contributed by atoms with Crippen LogP contribution in [0, 0.1) is 0 Å². The molecule has 0 unspecified atom stereocenters. The molecule has 1 aliphatic carbocycles. The number of nitrogen functional groups attached to an aromatic ring is 1. The fraction of sp³-hybridized carbons (Fsp3) is 0.235. The molecule has 0 fully saturated rings. The summed E-state index contributed by atoms with van der Waals surface area (Å²) in [6, 6.07) is 13.2. The van der Waals surface area contributed by atoms with Gasteiger partial charge in [-0.3, -0.25) is 4.79 Å². The highest BCUT2D eigenvalue weighted by molar-refractivity contribution is 6.04. The molecule has 0 radical (unpaired) electrons. The van der Waals surface area contributed by atoms with Crippen LogP contribution in [0.25, 0.3) is 0 Å². The number of amides is 1. The second-order valence-corrected chi connectivity index (χ2v) is 5.27. The van der Waals surface area contributed by atoms with Gasteiger partial charge in [-0.2, -0.15) is 0 Å². The van der Waals surface area contributed by atoms with Crippen LogP contribution in [0.2, 0.25) is 0 Å². The van der Waals surface area contributed by atoms with E-state index in [0.29, 0.717) is 11.3 Å². The Labute approximate surface area is 118 Å². The third-order valence-corrected chi connectivity index (χ3v) is 3.76. The SMILES string of the molecule is Nc1cccc(C(=O)Nc2ccc3c(c2)CCCC3)c1. The van der Waals surface area contributed by atoms with Crippen molar-refractivity contribution < 1.29 is 4.79 Å². The van der Waals surface area contributed by atoms with E-state index >= 15 is 0 Å². The largest absolute Gasteiger partial charge is 0.399 e. The topological polar surface area (TPSA) is 55.1 Å². The molecular weight excluding hydrogens is 248 g/mol. The third-order valence-electron chi connectivity index (χ3n) is 3.76. The molecule has 3 N–H and O–H groups in total. The van der Waals surface area contributed by atoms with Gasteiger partial charge in [-0.25, -0.2) is 0 Å². The van der Waals surface area contributed by atoms with Crippen LogP contribution < -0.4 is 11.1 Å². The summed E-state index contributed by atoms with van der Waals surface area (Å²) in [5, 5.41) is 2.94. The minimum Gasteiger partial charge on any atom is -0.399 e. The molecule has 0 spiro atoms. The van der Waals surface area contributed by atoms with Crippen molar-refractivity contribution in [3.8, 4) is 0 Å². The van der Waals surface area contributed by atoms with Gasteiger partial charge < -0.3 is 11.1 Å². The number of aryl methyl sites for hydroxylation is 2. The maximum atomic E-state index is 12.2. The van der Waals surface area contributed by atoms with Gasteiger partial charge in [-0.15, -0.1) is 0 Å². The highest BCUT2D eigenvalue weighted by Gasteiger charge is 2.11. The molecule has 102 valence electrons. The smallest absolute Gasteiger partial charge is 0.255 e. The Balaban J connectivity index is 1.79.